The van der Waals surface area contributed by atoms with E-state index in [1.807, 2.05) is 0 Å². The minimum atomic E-state index is 0.0251. The van der Waals surface area contributed by atoms with E-state index in [0.29, 0.717) is 13.0 Å². The minimum absolute atomic E-state index is 0.0251. The third kappa shape index (κ3) is 39.2. The topological polar surface area (TPSA) is 26.3 Å². The van der Waals surface area contributed by atoms with Crippen molar-refractivity contribution in [3.8, 4) is 0 Å². The number of hydrogen-bond acceptors (Lipinski definition) is 2. The molecule has 0 N–H and O–H groups in total. The lowest BCUT2D eigenvalue weighted by Gasteiger charge is -2.06. The van der Waals surface area contributed by atoms with E-state index in [1.165, 1.54) is 199 Å². The third-order valence-corrected chi connectivity index (χ3v) is 9.33. The Hall–Kier alpha value is -0.790. The van der Waals surface area contributed by atoms with Crippen LogP contribution < -0.4 is 0 Å². The lowest BCUT2D eigenvalue weighted by Crippen LogP contribution is -2.05. The fraction of sp³-hybridized carbons (Fsp3) is 0.929. The van der Waals surface area contributed by atoms with E-state index in [4.69, 9.17) is 4.74 Å². The van der Waals surface area contributed by atoms with Gasteiger partial charge in [-0.2, -0.15) is 0 Å². The molecule has 0 heterocycles. The molecule has 262 valence electrons. The molecule has 0 unspecified atom stereocenters. The van der Waals surface area contributed by atoms with Gasteiger partial charge in [-0.05, 0) is 44.4 Å². The second-order valence-corrected chi connectivity index (χ2v) is 14.5. The molecular formula is C42H82O2. The Kier molecular flexibility index (Phi) is 37.7. The maximum atomic E-state index is 12.0. The Morgan fingerprint density at radius 3 is 1.20 bits per heavy atom. The molecule has 0 bridgehead atoms. The molecule has 0 aliphatic heterocycles. The fourth-order valence-corrected chi connectivity index (χ4v) is 6.26. The van der Waals surface area contributed by atoms with Crippen LogP contribution >= 0.6 is 0 Å². The monoisotopic (exact) mass is 619 g/mol. The lowest BCUT2D eigenvalue weighted by atomic mass is 10.0. The molecule has 0 aliphatic carbocycles. The van der Waals surface area contributed by atoms with Crippen LogP contribution in [0.25, 0.3) is 0 Å². The van der Waals surface area contributed by atoms with Crippen molar-refractivity contribution in [2.45, 2.75) is 239 Å². The van der Waals surface area contributed by atoms with Gasteiger partial charge in [0.05, 0.1) is 6.61 Å². The molecule has 0 aromatic heterocycles. The van der Waals surface area contributed by atoms with Crippen molar-refractivity contribution < 1.29 is 9.53 Å². The van der Waals surface area contributed by atoms with Crippen molar-refractivity contribution in [2.24, 2.45) is 5.92 Å². The van der Waals surface area contributed by atoms with E-state index in [9.17, 15) is 4.79 Å². The van der Waals surface area contributed by atoms with Gasteiger partial charge >= 0.3 is 5.97 Å². The molecule has 0 amide bonds. The number of rotatable bonds is 37. The normalized spacial score (nSPS) is 11.7. The predicted molar refractivity (Wildman–Crippen MR) is 198 cm³/mol. The molecule has 0 rings (SSSR count). The van der Waals surface area contributed by atoms with Crippen LogP contribution in [0.5, 0.6) is 0 Å². The first-order valence-corrected chi connectivity index (χ1v) is 20.5. The first-order valence-electron chi connectivity index (χ1n) is 20.5. The largest absolute Gasteiger partial charge is 0.466 e. The van der Waals surface area contributed by atoms with Gasteiger partial charge in [0.1, 0.15) is 0 Å². The minimum Gasteiger partial charge on any atom is -0.466 e. The molecule has 0 aromatic carbocycles. The molecule has 44 heavy (non-hydrogen) atoms. The first kappa shape index (κ1) is 43.2. The molecule has 0 aromatic rings. The zero-order valence-corrected chi connectivity index (χ0v) is 30.8. The first-order chi connectivity index (χ1) is 21.7. The Morgan fingerprint density at radius 1 is 0.455 bits per heavy atom. The average molecular weight is 619 g/mol. The third-order valence-electron chi connectivity index (χ3n) is 9.33. The maximum absolute atomic E-state index is 12.0. The van der Waals surface area contributed by atoms with Gasteiger partial charge in [-0.1, -0.05) is 206 Å². The highest BCUT2D eigenvalue weighted by molar-refractivity contribution is 5.69. The highest BCUT2D eigenvalue weighted by Crippen LogP contribution is 2.16. The molecule has 2 nitrogen and oxygen atoms in total. The Balaban J connectivity index is 3.18. The quantitative estimate of drug-likeness (QED) is 0.0393. The summed E-state index contributed by atoms with van der Waals surface area (Å²) in [7, 11) is 0. The Bertz CT molecular complexity index is 566. The van der Waals surface area contributed by atoms with Crippen molar-refractivity contribution in [1.82, 2.24) is 0 Å². The number of esters is 1. The van der Waals surface area contributed by atoms with Crippen LogP contribution in [-0.2, 0) is 9.53 Å². The Morgan fingerprint density at radius 2 is 0.795 bits per heavy atom. The number of carbonyl (C=O) groups excluding carboxylic acids is 1. The highest BCUT2D eigenvalue weighted by Gasteiger charge is 2.03. The summed E-state index contributed by atoms with van der Waals surface area (Å²) >= 11 is 0. The van der Waals surface area contributed by atoms with Crippen LogP contribution in [0.1, 0.15) is 239 Å². The standard InChI is InChI=1S/C42H82O2/c1-4-5-6-7-8-9-10-11-12-13-14-15-18-21-24-27-30-33-36-39-42(43)44-40-37-34-31-28-25-22-19-16-17-20-23-26-29-32-35-38-41(2)3/h11-12,41H,4-10,13-40H2,1-3H3. The molecule has 0 saturated heterocycles. The van der Waals surface area contributed by atoms with Crippen LogP contribution in [0.2, 0.25) is 0 Å². The van der Waals surface area contributed by atoms with Gasteiger partial charge in [-0.3, -0.25) is 4.79 Å². The van der Waals surface area contributed by atoms with Gasteiger partial charge in [0.15, 0.2) is 0 Å². The van der Waals surface area contributed by atoms with Crippen LogP contribution in [0, 0.1) is 5.92 Å². The van der Waals surface area contributed by atoms with E-state index in [2.05, 4.69) is 32.9 Å². The van der Waals surface area contributed by atoms with Crippen molar-refractivity contribution in [2.75, 3.05) is 6.61 Å². The molecular weight excluding hydrogens is 536 g/mol. The molecule has 2 heteroatoms. The van der Waals surface area contributed by atoms with E-state index in [-0.39, 0.29) is 5.97 Å². The summed E-state index contributed by atoms with van der Waals surface area (Å²) < 4.78 is 5.46. The van der Waals surface area contributed by atoms with Crippen molar-refractivity contribution in [3.05, 3.63) is 12.2 Å². The van der Waals surface area contributed by atoms with Gasteiger partial charge in [0.25, 0.3) is 0 Å². The van der Waals surface area contributed by atoms with Crippen molar-refractivity contribution in [3.63, 3.8) is 0 Å². The zero-order chi connectivity index (χ0) is 32.0. The molecule has 0 atom stereocenters. The summed E-state index contributed by atoms with van der Waals surface area (Å²) in [5.41, 5.74) is 0. The van der Waals surface area contributed by atoms with E-state index < -0.39 is 0 Å². The number of ether oxygens (including phenoxy) is 1. The van der Waals surface area contributed by atoms with Gasteiger partial charge in [0, 0.05) is 6.42 Å². The summed E-state index contributed by atoms with van der Waals surface area (Å²) in [5, 5.41) is 0. The van der Waals surface area contributed by atoms with Crippen molar-refractivity contribution >= 4 is 5.97 Å². The van der Waals surface area contributed by atoms with Crippen LogP contribution in [-0.4, -0.2) is 12.6 Å². The molecule has 0 spiro atoms. The second-order valence-electron chi connectivity index (χ2n) is 14.5. The number of allylic oxidation sites excluding steroid dienone is 2. The van der Waals surface area contributed by atoms with E-state index >= 15 is 0 Å². The summed E-state index contributed by atoms with van der Waals surface area (Å²) in [6.45, 7) is 7.59. The van der Waals surface area contributed by atoms with Crippen LogP contribution in [0.15, 0.2) is 12.2 Å². The zero-order valence-electron chi connectivity index (χ0n) is 30.8. The lowest BCUT2D eigenvalue weighted by molar-refractivity contribution is -0.143. The summed E-state index contributed by atoms with van der Waals surface area (Å²) in [6.07, 6.45) is 50.1. The van der Waals surface area contributed by atoms with Crippen LogP contribution in [0.4, 0.5) is 0 Å². The number of carbonyl (C=O) groups is 1. The fourth-order valence-electron chi connectivity index (χ4n) is 6.26. The SMILES string of the molecule is CCCCCCCCC=CCCCCCCCCCCCC(=O)OCCCCCCCCCCCCCCCCCC(C)C. The summed E-state index contributed by atoms with van der Waals surface area (Å²) in [5.74, 6) is 0.902. The van der Waals surface area contributed by atoms with Gasteiger partial charge < -0.3 is 4.74 Å². The molecule has 0 aliphatic rings. The predicted octanol–water partition coefficient (Wildman–Crippen LogP) is 15.0. The second kappa shape index (κ2) is 38.4. The van der Waals surface area contributed by atoms with Gasteiger partial charge in [-0.25, -0.2) is 0 Å². The van der Waals surface area contributed by atoms with Gasteiger partial charge in [-0.15, -0.1) is 0 Å². The summed E-state index contributed by atoms with van der Waals surface area (Å²) in [6, 6.07) is 0. The highest BCUT2D eigenvalue weighted by atomic mass is 16.5. The average Bonchev–Trinajstić information content (AvgIpc) is 3.01. The maximum Gasteiger partial charge on any atom is 0.305 e. The number of hydrogen-bond donors (Lipinski definition) is 0. The van der Waals surface area contributed by atoms with Crippen LogP contribution in [0.3, 0.4) is 0 Å². The molecule has 0 radical (unpaired) electrons. The van der Waals surface area contributed by atoms with Gasteiger partial charge in [0.2, 0.25) is 0 Å². The molecule has 0 saturated carbocycles. The summed E-state index contributed by atoms with van der Waals surface area (Å²) in [4.78, 5) is 12.0. The number of unbranched alkanes of at least 4 members (excludes halogenated alkanes) is 29. The van der Waals surface area contributed by atoms with E-state index in [1.54, 1.807) is 0 Å². The smallest absolute Gasteiger partial charge is 0.305 e. The van der Waals surface area contributed by atoms with Crippen molar-refractivity contribution in [1.29, 1.82) is 0 Å². The Labute approximate surface area is 278 Å². The molecule has 0 fully saturated rings. The van der Waals surface area contributed by atoms with E-state index in [0.717, 1.165) is 18.8 Å².